The van der Waals surface area contributed by atoms with E-state index < -0.39 is 24.0 Å². The minimum absolute atomic E-state index is 0.0472. The molecule has 0 fully saturated rings. The van der Waals surface area contributed by atoms with Gasteiger partial charge in [0.05, 0.1) is 0 Å². The second-order valence-electron chi connectivity index (χ2n) is 6.89. The first-order valence-electron chi connectivity index (χ1n) is 11.1. The van der Waals surface area contributed by atoms with E-state index in [2.05, 4.69) is 29.9 Å². The SMILES string of the molecule is C=C(C)c1cccc(C(C)=O)c1.C=C(OC(=NC)C(F)F)c1cc(F)c(CC)c(F)c1.C=NC.CC. The van der Waals surface area contributed by atoms with E-state index in [1.807, 2.05) is 45.0 Å². The molecule has 0 bridgehead atoms. The summed E-state index contributed by atoms with van der Waals surface area (Å²) in [4.78, 5) is 17.5. The van der Waals surface area contributed by atoms with E-state index in [9.17, 15) is 22.4 Å². The van der Waals surface area contributed by atoms with Gasteiger partial charge in [0.15, 0.2) is 5.78 Å². The van der Waals surface area contributed by atoms with Gasteiger partial charge >= 0.3 is 6.43 Å². The molecule has 36 heavy (non-hydrogen) atoms. The van der Waals surface area contributed by atoms with Crippen LogP contribution in [0.2, 0.25) is 0 Å². The number of halogens is 4. The van der Waals surface area contributed by atoms with Gasteiger partial charge in [-0.2, -0.15) is 8.78 Å². The predicted octanol–water partition coefficient (Wildman–Crippen LogP) is 8.07. The predicted molar refractivity (Wildman–Crippen MR) is 143 cm³/mol. The Bertz CT molecular complexity index is 995. The largest absolute Gasteiger partial charge is 0.438 e. The van der Waals surface area contributed by atoms with Crippen LogP contribution in [0.5, 0.6) is 0 Å². The van der Waals surface area contributed by atoms with Gasteiger partial charge in [-0.1, -0.05) is 57.7 Å². The number of carbonyl (C=O) groups excluding carboxylic acids is 1. The number of benzene rings is 2. The van der Waals surface area contributed by atoms with E-state index >= 15 is 0 Å². The molecule has 2 aromatic rings. The molecule has 0 radical (unpaired) electrons. The van der Waals surface area contributed by atoms with E-state index in [1.54, 1.807) is 20.9 Å². The van der Waals surface area contributed by atoms with Crippen molar-refractivity contribution in [1.82, 2.24) is 0 Å². The summed E-state index contributed by atoms with van der Waals surface area (Å²) in [5.41, 5.74) is 2.64. The molecule has 0 N–H and O–H groups in total. The van der Waals surface area contributed by atoms with Crippen molar-refractivity contribution in [3.63, 3.8) is 0 Å². The monoisotopic (exact) mass is 508 g/mol. The minimum Gasteiger partial charge on any atom is -0.438 e. The normalized spacial score (nSPS) is 9.94. The number of carbonyl (C=O) groups is 1. The summed E-state index contributed by atoms with van der Waals surface area (Å²) in [6, 6.07) is 9.49. The first-order valence-corrected chi connectivity index (χ1v) is 11.1. The van der Waals surface area contributed by atoms with Gasteiger partial charge in [0.2, 0.25) is 0 Å². The van der Waals surface area contributed by atoms with Gasteiger partial charge in [0.1, 0.15) is 17.4 Å². The third-order valence-electron chi connectivity index (χ3n) is 4.21. The maximum absolute atomic E-state index is 13.5. The molecule has 0 aliphatic carbocycles. The van der Waals surface area contributed by atoms with Gasteiger partial charge in [0, 0.05) is 30.8 Å². The Morgan fingerprint density at radius 2 is 1.44 bits per heavy atom. The molecule has 2 rings (SSSR count). The number of hydrogen-bond donors (Lipinski definition) is 0. The van der Waals surface area contributed by atoms with Crippen LogP contribution in [0.15, 0.2) is 59.5 Å². The Morgan fingerprint density at radius 1 is 0.972 bits per heavy atom. The third kappa shape index (κ3) is 12.2. The van der Waals surface area contributed by atoms with Crippen molar-refractivity contribution in [2.75, 3.05) is 14.1 Å². The molecule has 0 spiro atoms. The van der Waals surface area contributed by atoms with Gasteiger partial charge in [-0.15, -0.1) is 0 Å². The van der Waals surface area contributed by atoms with Crippen LogP contribution < -0.4 is 0 Å². The Balaban J connectivity index is 0. The number of nitrogens with zero attached hydrogens (tertiary/aromatic N) is 2. The Labute approximate surface area is 212 Å². The van der Waals surface area contributed by atoms with Gasteiger partial charge in [-0.25, -0.2) is 8.78 Å². The number of rotatable bonds is 6. The summed E-state index contributed by atoms with van der Waals surface area (Å²) in [6.07, 6.45) is -2.74. The lowest BCUT2D eigenvalue weighted by atomic mass is 10.0. The highest BCUT2D eigenvalue weighted by atomic mass is 19.3. The summed E-state index contributed by atoms with van der Waals surface area (Å²) in [5, 5.41) is 0. The van der Waals surface area contributed by atoms with Crippen LogP contribution in [0.4, 0.5) is 17.6 Å². The third-order valence-corrected chi connectivity index (χ3v) is 4.21. The molecule has 0 heterocycles. The molecule has 198 valence electrons. The van der Waals surface area contributed by atoms with Gasteiger partial charge < -0.3 is 9.73 Å². The quantitative estimate of drug-likeness (QED) is 0.130. The standard InChI is InChI=1S/C13H13F4NO.C11H12O.C2H5N.C2H6/c1-4-9-10(14)5-8(6-11(9)15)7(2)19-13(18-3)12(16)17;1-8(2)10-5-4-6-11(7-10)9(3)12;1-3-2;1-2/h5-6,12H,2,4H2,1,3H3;4-7H,1H2,2-3H3;1H2,2H3;1-2H3. The van der Waals surface area contributed by atoms with Gasteiger partial charge in [-0.05, 0) is 50.7 Å². The minimum atomic E-state index is -2.92. The first-order chi connectivity index (χ1) is 16.9. The Kier molecular flexibility index (Phi) is 18.0. The fourth-order valence-electron chi connectivity index (χ4n) is 2.48. The van der Waals surface area contributed by atoms with Crippen LogP contribution in [0, 0.1) is 11.6 Å². The Hall–Kier alpha value is -3.55. The molecule has 0 atom stereocenters. The first kappa shape index (κ1) is 34.6. The van der Waals surface area contributed by atoms with Crippen LogP contribution in [-0.4, -0.2) is 38.9 Å². The van der Waals surface area contributed by atoms with Crippen molar-refractivity contribution in [3.05, 3.63) is 83.4 Å². The van der Waals surface area contributed by atoms with E-state index in [0.717, 1.165) is 35.9 Å². The number of hydrogen-bond acceptors (Lipinski definition) is 4. The average molecular weight is 509 g/mol. The lowest BCUT2D eigenvalue weighted by Gasteiger charge is -2.11. The van der Waals surface area contributed by atoms with Crippen LogP contribution in [0.25, 0.3) is 11.3 Å². The molecule has 8 heteroatoms. The van der Waals surface area contributed by atoms with E-state index in [4.69, 9.17) is 4.74 Å². The molecule has 0 amide bonds. The van der Waals surface area contributed by atoms with Crippen molar-refractivity contribution < 1.29 is 27.1 Å². The molecular weight excluding hydrogens is 472 g/mol. The maximum Gasteiger partial charge on any atom is 0.312 e. The molecule has 0 saturated heterocycles. The van der Waals surface area contributed by atoms with Crippen molar-refractivity contribution in [2.45, 2.75) is 47.5 Å². The molecule has 2 aromatic carbocycles. The van der Waals surface area contributed by atoms with E-state index in [0.29, 0.717) is 0 Å². The average Bonchev–Trinajstić information content (AvgIpc) is 2.84. The second kappa shape index (κ2) is 18.7. The van der Waals surface area contributed by atoms with Crippen LogP contribution in [0.1, 0.15) is 61.7 Å². The number of allylic oxidation sites excluding steroid dienone is 1. The lowest BCUT2D eigenvalue weighted by molar-refractivity contribution is 0.101. The highest BCUT2D eigenvalue weighted by molar-refractivity contribution is 5.94. The topological polar surface area (TPSA) is 51.0 Å². The second-order valence-corrected chi connectivity index (χ2v) is 6.89. The summed E-state index contributed by atoms with van der Waals surface area (Å²) < 4.78 is 56.6. The number of aliphatic imine (C=N–C) groups is 2. The van der Waals surface area contributed by atoms with Crippen LogP contribution >= 0.6 is 0 Å². The highest BCUT2D eigenvalue weighted by Crippen LogP contribution is 2.22. The molecule has 0 aliphatic heterocycles. The van der Waals surface area contributed by atoms with E-state index in [-0.39, 0.29) is 29.1 Å². The van der Waals surface area contributed by atoms with Crippen LogP contribution in [-0.2, 0) is 11.2 Å². The Morgan fingerprint density at radius 3 is 1.81 bits per heavy atom. The number of alkyl halides is 2. The zero-order valence-electron chi connectivity index (χ0n) is 22.1. The number of Topliss-reactive ketones (excluding diaryl/α,β-unsaturated/α-hetero) is 1. The zero-order chi connectivity index (χ0) is 28.4. The summed E-state index contributed by atoms with van der Waals surface area (Å²) in [7, 11) is 2.76. The van der Waals surface area contributed by atoms with E-state index in [1.165, 1.54) is 0 Å². The molecule has 0 unspecified atom stereocenters. The van der Waals surface area contributed by atoms with Crippen molar-refractivity contribution in [2.24, 2.45) is 9.98 Å². The van der Waals surface area contributed by atoms with Gasteiger partial charge in [0.25, 0.3) is 5.90 Å². The molecule has 4 nitrogen and oxygen atoms in total. The van der Waals surface area contributed by atoms with Crippen LogP contribution in [0.3, 0.4) is 0 Å². The zero-order valence-corrected chi connectivity index (χ0v) is 22.1. The summed E-state index contributed by atoms with van der Waals surface area (Å²) in [5.74, 6) is -2.59. The lowest BCUT2D eigenvalue weighted by Crippen LogP contribution is -2.14. The summed E-state index contributed by atoms with van der Waals surface area (Å²) in [6.45, 7) is 19.4. The highest BCUT2D eigenvalue weighted by Gasteiger charge is 2.18. The van der Waals surface area contributed by atoms with Gasteiger partial charge in [-0.3, -0.25) is 9.79 Å². The fourth-order valence-corrected chi connectivity index (χ4v) is 2.48. The smallest absolute Gasteiger partial charge is 0.312 e. The molecule has 0 saturated carbocycles. The van der Waals surface area contributed by atoms with Crippen molar-refractivity contribution in [3.8, 4) is 0 Å². The summed E-state index contributed by atoms with van der Waals surface area (Å²) >= 11 is 0. The van der Waals surface area contributed by atoms with Crippen molar-refractivity contribution in [1.29, 1.82) is 0 Å². The number of ketones is 1. The molecule has 0 aliphatic rings. The number of ether oxygens (including phenoxy) is 1. The maximum atomic E-state index is 13.5. The van der Waals surface area contributed by atoms with Crippen molar-refractivity contribution >= 4 is 29.7 Å². The fraction of sp³-hybridized carbons (Fsp3) is 0.321. The molecule has 0 aromatic heterocycles. The molecular formula is C28H36F4N2O2.